The fourth-order valence-electron chi connectivity index (χ4n) is 3.94. The second kappa shape index (κ2) is 10.5. The maximum absolute atomic E-state index is 11.0. The molecule has 1 aliphatic rings. The van der Waals surface area contributed by atoms with E-state index in [9.17, 15) is 9.90 Å². The molecule has 0 saturated heterocycles. The molecule has 1 aliphatic heterocycles. The van der Waals surface area contributed by atoms with Crippen LogP contribution < -0.4 is 14.8 Å². The smallest absolute Gasteiger partial charge is 0.335 e. The number of aliphatic hydroxyl groups excluding tert-OH is 1. The minimum atomic E-state index is -0.925. The van der Waals surface area contributed by atoms with Crippen LogP contribution in [-0.4, -0.2) is 48.1 Å². The Morgan fingerprint density at radius 1 is 1.12 bits per heavy atom. The fourth-order valence-corrected chi connectivity index (χ4v) is 3.94. The van der Waals surface area contributed by atoms with E-state index in [0.29, 0.717) is 13.1 Å². The summed E-state index contributed by atoms with van der Waals surface area (Å²) in [6.07, 6.45) is 1.23. The molecule has 0 saturated carbocycles. The van der Waals surface area contributed by atoms with Crippen LogP contribution in [0.1, 0.15) is 27.9 Å². The summed E-state index contributed by atoms with van der Waals surface area (Å²) in [7, 11) is 0. The Labute approximate surface area is 193 Å². The average Bonchev–Trinajstić information content (AvgIpc) is 2.82. The van der Waals surface area contributed by atoms with Gasteiger partial charge in [-0.1, -0.05) is 30.3 Å². The number of carboxylic acid groups (broad SMARTS) is 1. The summed E-state index contributed by atoms with van der Waals surface area (Å²) < 4.78 is 11.8. The number of aliphatic hydroxyl groups is 1. The van der Waals surface area contributed by atoms with Gasteiger partial charge in [0.05, 0.1) is 5.56 Å². The van der Waals surface area contributed by atoms with Crippen molar-refractivity contribution in [2.75, 3.05) is 19.7 Å². The molecule has 0 radical (unpaired) electrons. The van der Waals surface area contributed by atoms with E-state index in [1.807, 2.05) is 55.5 Å². The Morgan fingerprint density at radius 2 is 1.91 bits per heavy atom. The molecule has 4 rings (SSSR count). The van der Waals surface area contributed by atoms with E-state index in [1.54, 1.807) is 12.1 Å². The molecule has 3 aromatic carbocycles. The second-order valence-corrected chi connectivity index (χ2v) is 8.42. The van der Waals surface area contributed by atoms with Crippen molar-refractivity contribution in [3.63, 3.8) is 0 Å². The normalized spacial score (nSPS) is 15.9. The molecule has 0 bridgehead atoms. The Hall–Kier alpha value is -3.35. The van der Waals surface area contributed by atoms with E-state index in [4.69, 9.17) is 14.6 Å². The number of carbonyl (C=O) groups is 1. The molecular weight excluding hydrogens is 418 g/mol. The van der Waals surface area contributed by atoms with Crippen LogP contribution in [0.3, 0.4) is 0 Å². The highest BCUT2D eigenvalue weighted by Crippen LogP contribution is 2.32. The van der Waals surface area contributed by atoms with Gasteiger partial charge in [0.2, 0.25) is 0 Å². The number of aromatic carboxylic acids is 1. The zero-order chi connectivity index (χ0) is 23.2. The van der Waals surface area contributed by atoms with E-state index >= 15 is 0 Å². The van der Waals surface area contributed by atoms with Gasteiger partial charge in [-0.05, 0) is 78.4 Å². The first-order chi connectivity index (χ1) is 16.0. The van der Waals surface area contributed by atoms with Crippen molar-refractivity contribution in [3.8, 4) is 22.6 Å². The maximum Gasteiger partial charge on any atom is 0.335 e. The summed E-state index contributed by atoms with van der Waals surface area (Å²) in [5, 5.41) is 22.5. The highest BCUT2D eigenvalue weighted by molar-refractivity contribution is 5.88. The highest BCUT2D eigenvalue weighted by Gasteiger charge is 2.20. The van der Waals surface area contributed by atoms with Crippen molar-refractivity contribution in [1.29, 1.82) is 0 Å². The third-order valence-corrected chi connectivity index (χ3v) is 5.74. The Balaban J connectivity index is 1.24. The number of nitrogens with one attached hydrogen (secondary N) is 1. The molecule has 0 fully saturated rings. The van der Waals surface area contributed by atoms with E-state index < -0.39 is 12.1 Å². The first-order valence-electron chi connectivity index (χ1n) is 11.2. The predicted molar refractivity (Wildman–Crippen MR) is 127 cm³/mol. The lowest BCUT2D eigenvalue weighted by Gasteiger charge is -2.27. The number of hydrogen-bond donors (Lipinski definition) is 3. The summed E-state index contributed by atoms with van der Waals surface area (Å²) in [6.45, 7) is 3.33. The van der Waals surface area contributed by atoms with Crippen molar-refractivity contribution < 1.29 is 24.5 Å². The Kier molecular flexibility index (Phi) is 7.27. The summed E-state index contributed by atoms with van der Waals surface area (Å²) in [6, 6.07) is 20.8. The molecule has 3 N–H and O–H groups in total. The van der Waals surface area contributed by atoms with Crippen molar-refractivity contribution in [1.82, 2.24) is 5.32 Å². The molecule has 1 unspecified atom stereocenters. The lowest BCUT2D eigenvalue weighted by atomic mass is 9.96. The van der Waals surface area contributed by atoms with Gasteiger partial charge in [0.1, 0.15) is 30.3 Å². The van der Waals surface area contributed by atoms with E-state index in [2.05, 4.69) is 11.4 Å². The Bertz CT molecular complexity index is 1100. The van der Waals surface area contributed by atoms with Crippen molar-refractivity contribution in [2.45, 2.75) is 32.0 Å². The molecule has 3 aromatic rings. The molecule has 0 amide bonds. The third kappa shape index (κ3) is 6.12. The van der Waals surface area contributed by atoms with Gasteiger partial charge in [-0.2, -0.15) is 0 Å². The molecule has 0 aromatic heterocycles. The minimum absolute atomic E-state index is 0.0445. The van der Waals surface area contributed by atoms with Gasteiger partial charge in [-0.15, -0.1) is 0 Å². The van der Waals surface area contributed by atoms with Crippen molar-refractivity contribution >= 4 is 5.97 Å². The molecule has 33 heavy (non-hydrogen) atoms. The van der Waals surface area contributed by atoms with E-state index in [-0.39, 0.29) is 18.3 Å². The topological polar surface area (TPSA) is 88.0 Å². The first-order valence-corrected chi connectivity index (χ1v) is 11.2. The van der Waals surface area contributed by atoms with Gasteiger partial charge in [-0.25, -0.2) is 4.79 Å². The minimum Gasteiger partial charge on any atom is -0.491 e. The zero-order valence-corrected chi connectivity index (χ0v) is 18.7. The van der Waals surface area contributed by atoms with Gasteiger partial charge >= 0.3 is 5.97 Å². The fraction of sp³-hybridized carbons (Fsp3) is 0.296. The van der Waals surface area contributed by atoms with E-state index in [1.165, 1.54) is 0 Å². The quantitative estimate of drug-likeness (QED) is 0.458. The van der Waals surface area contributed by atoms with Gasteiger partial charge in [0.15, 0.2) is 0 Å². The molecule has 2 atom stereocenters. The molecule has 0 aliphatic carbocycles. The lowest BCUT2D eigenvalue weighted by molar-refractivity contribution is 0.0697. The van der Waals surface area contributed by atoms with Crippen LogP contribution in [0, 0.1) is 6.92 Å². The number of benzene rings is 3. The molecule has 0 spiro atoms. The number of ether oxygens (including phenoxy) is 2. The summed E-state index contributed by atoms with van der Waals surface area (Å²) in [5.74, 6) is 0.715. The van der Waals surface area contributed by atoms with Gasteiger partial charge < -0.3 is 25.0 Å². The van der Waals surface area contributed by atoms with Gasteiger partial charge in [-0.3, -0.25) is 0 Å². The van der Waals surface area contributed by atoms with Crippen LogP contribution in [0.2, 0.25) is 0 Å². The zero-order valence-electron chi connectivity index (χ0n) is 18.7. The van der Waals surface area contributed by atoms with Crippen LogP contribution >= 0.6 is 0 Å². The molecule has 6 nitrogen and oxygen atoms in total. The first kappa shape index (κ1) is 22.8. The Morgan fingerprint density at radius 3 is 2.67 bits per heavy atom. The van der Waals surface area contributed by atoms with Crippen LogP contribution in [0.4, 0.5) is 0 Å². The molecule has 6 heteroatoms. The monoisotopic (exact) mass is 447 g/mol. The largest absolute Gasteiger partial charge is 0.491 e. The number of aryl methyl sites for hydroxylation is 2. The average molecular weight is 448 g/mol. The number of fused-ring (bicyclic) bond motifs is 1. The van der Waals surface area contributed by atoms with Crippen molar-refractivity contribution in [3.05, 3.63) is 83.4 Å². The van der Waals surface area contributed by atoms with Crippen LogP contribution in [0.5, 0.6) is 11.5 Å². The second-order valence-electron chi connectivity index (χ2n) is 8.42. The van der Waals surface area contributed by atoms with Crippen LogP contribution in [0.15, 0.2) is 66.7 Å². The predicted octanol–water partition coefficient (Wildman–Crippen LogP) is 4.08. The summed E-state index contributed by atoms with van der Waals surface area (Å²) in [5.41, 5.74) is 4.58. The number of hydrogen-bond acceptors (Lipinski definition) is 5. The van der Waals surface area contributed by atoms with Crippen LogP contribution in [0.25, 0.3) is 11.1 Å². The van der Waals surface area contributed by atoms with Gasteiger partial charge in [0.25, 0.3) is 0 Å². The van der Waals surface area contributed by atoms with Crippen molar-refractivity contribution in [2.24, 2.45) is 0 Å². The summed E-state index contributed by atoms with van der Waals surface area (Å²) in [4.78, 5) is 11.0. The molecular formula is C27H29NO5. The lowest BCUT2D eigenvalue weighted by Crippen LogP contribution is -2.39. The summed E-state index contributed by atoms with van der Waals surface area (Å²) >= 11 is 0. The van der Waals surface area contributed by atoms with Gasteiger partial charge in [0, 0.05) is 13.1 Å². The molecule has 172 valence electrons. The number of rotatable bonds is 9. The van der Waals surface area contributed by atoms with Crippen LogP contribution in [-0.2, 0) is 6.42 Å². The SMILES string of the molecule is Cc1cccc(OCC(O)CNC[C@H]2CCc3cc(-c4ccc(C(=O)O)cc4)ccc3O2)c1. The number of carboxylic acids is 1. The maximum atomic E-state index is 11.0. The third-order valence-electron chi connectivity index (χ3n) is 5.74. The standard InChI is InChI=1S/C27H29NO5/c1-18-3-2-4-24(13-18)32-17-23(29)15-28-16-25-11-9-22-14-21(10-12-26(22)33-25)19-5-7-20(8-6-19)27(30)31/h2-8,10,12-14,23,25,28-29H,9,11,15-17H2,1H3,(H,30,31)/t23?,25-/m1/s1. The van der Waals surface area contributed by atoms with E-state index in [0.717, 1.165) is 46.6 Å². The molecule has 1 heterocycles. The highest BCUT2D eigenvalue weighted by atomic mass is 16.5.